The lowest BCUT2D eigenvalue weighted by molar-refractivity contribution is 0.171. The molecular weight excluding hydrogens is 180 g/mol. The average Bonchev–Trinajstić information content (AvgIpc) is 2.52. The Bertz CT molecular complexity index is 292. The molecule has 0 fully saturated rings. The van der Waals surface area contributed by atoms with Crippen LogP contribution in [0.25, 0.3) is 0 Å². The van der Waals surface area contributed by atoms with Gasteiger partial charge >= 0.3 is 0 Å². The van der Waals surface area contributed by atoms with Crippen LogP contribution >= 0.6 is 11.6 Å². The van der Waals surface area contributed by atoms with E-state index < -0.39 is 6.10 Å². The predicted octanol–water partition coefficient (Wildman–Crippen LogP) is -0.251. The zero-order chi connectivity index (χ0) is 8.97. The molecule has 0 aliphatic heterocycles. The number of nitrogens with zero attached hydrogens (tertiary/aromatic N) is 4. The summed E-state index contributed by atoms with van der Waals surface area (Å²) in [6.07, 6.45) is 0.730. The Kier molecular flexibility index (Phi) is 3.02. The smallest absolute Gasteiger partial charge is 0.252 e. The minimum atomic E-state index is -0.653. The van der Waals surface area contributed by atoms with Gasteiger partial charge in [0.25, 0.3) is 5.82 Å². The van der Waals surface area contributed by atoms with Crippen molar-refractivity contribution in [3.05, 3.63) is 12.2 Å². The van der Waals surface area contributed by atoms with Gasteiger partial charge in [-0.05, 0) is 0 Å². The zero-order valence-corrected chi connectivity index (χ0v) is 6.94. The number of aromatic nitrogens is 3. The van der Waals surface area contributed by atoms with Gasteiger partial charge in [0.05, 0.1) is 18.5 Å². The van der Waals surface area contributed by atoms with Crippen LogP contribution in [0.4, 0.5) is 0 Å². The molecule has 5 nitrogen and oxygen atoms in total. The molecule has 1 atom stereocenters. The van der Waals surface area contributed by atoms with Crippen molar-refractivity contribution in [2.75, 3.05) is 5.88 Å². The Labute approximate surface area is 74.2 Å². The fraction of sp³-hybridized carbons (Fsp3) is 0.500. The number of aliphatic hydroxyl groups excluding tert-OH is 1. The normalized spacial score (nSPS) is 12.4. The van der Waals surface area contributed by atoms with Crippen LogP contribution in [-0.2, 0) is 6.54 Å². The van der Waals surface area contributed by atoms with Gasteiger partial charge in [-0.25, -0.2) is 9.67 Å². The quantitative estimate of drug-likeness (QED) is 0.661. The molecule has 0 aliphatic carbocycles. The van der Waals surface area contributed by atoms with Crippen molar-refractivity contribution in [1.82, 2.24) is 14.8 Å². The summed E-state index contributed by atoms with van der Waals surface area (Å²) >= 11 is 5.37. The second kappa shape index (κ2) is 4.04. The van der Waals surface area contributed by atoms with E-state index in [0.717, 1.165) is 0 Å². The first-order valence-corrected chi connectivity index (χ1v) is 3.83. The number of hydrogen-bond donors (Lipinski definition) is 1. The Morgan fingerprint density at radius 2 is 2.58 bits per heavy atom. The third kappa shape index (κ3) is 2.19. The molecule has 1 heterocycles. The Hall–Kier alpha value is -1.12. The molecule has 64 valence electrons. The molecule has 1 rings (SSSR count). The van der Waals surface area contributed by atoms with E-state index in [1.54, 1.807) is 6.07 Å². The molecule has 1 aromatic heterocycles. The van der Waals surface area contributed by atoms with Crippen LogP contribution in [0.3, 0.4) is 0 Å². The Morgan fingerprint density at radius 3 is 3.08 bits per heavy atom. The second-order valence-corrected chi connectivity index (χ2v) is 2.52. The van der Waals surface area contributed by atoms with E-state index in [-0.39, 0.29) is 18.2 Å². The van der Waals surface area contributed by atoms with Crippen molar-refractivity contribution in [3.8, 4) is 6.07 Å². The topological polar surface area (TPSA) is 74.7 Å². The van der Waals surface area contributed by atoms with Crippen LogP contribution in [0.2, 0.25) is 0 Å². The van der Waals surface area contributed by atoms with E-state index >= 15 is 0 Å². The SMILES string of the molecule is N#Cc1ncn(CC(O)CCl)n1. The van der Waals surface area contributed by atoms with Gasteiger partial charge in [0, 0.05) is 0 Å². The largest absolute Gasteiger partial charge is 0.390 e. The van der Waals surface area contributed by atoms with E-state index in [0.29, 0.717) is 0 Å². The summed E-state index contributed by atoms with van der Waals surface area (Å²) in [6.45, 7) is 0.262. The molecular formula is C6H7ClN4O. The molecule has 0 radical (unpaired) electrons. The Balaban J connectivity index is 2.59. The molecule has 0 aliphatic rings. The summed E-state index contributed by atoms with van der Waals surface area (Å²) in [5, 5.41) is 21.2. The summed E-state index contributed by atoms with van der Waals surface area (Å²) < 4.78 is 1.38. The van der Waals surface area contributed by atoms with E-state index in [2.05, 4.69) is 10.1 Å². The molecule has 0 bridgehead atoms. The lowest BCUT2D eigenvalue weighted by Gasteiger charge is -2.04. The maximum Gasteiger partial charge on any atom is 0.252 e. The van der Waals surface area contributed by atoms with Gasteiger partial charge in [-0.15, -0.1) is 16.7 Å². The third-order valence-electron chi connectivity index (χ3n) is 1.21. The van der Waals surface area contributed by atoms with E-state index in [1.807, 2.05) is 0 Å². The van der Waals surface area contributed by atoms with Gasteiger partial charge < -0.3 is 5.11 Å². The Morgan fingerprint density at radius 1 is 1.83 bits per heavy atom. The zero-order valence-electron chi connectivity index (χ0n) is 6.18. The summed E-state index contributed by atoms with van der Waals surface area (Å²) in [7, 11) is 0. The molecule has 0 amide bonds. The fourth-order valence-corrected chi connectivity index (χ4v) is 0.796. The number of halogens is 1. The molecule has 6 heteroatoms. The highest BCUT2D eigenvalue weighted by atomic mass is 35.5. The second-order valence-electron chi connectivity index (χ2n) is 2.21. The molecule has 1 N–H and O–H groups in total. The monoisotopic (exact) mass is 186 g/mol. The van der Waals surface area contributed by atoms with Crippen LogP contribution < -0.4 is 0 Å². The van der Waals surface area contributed by atoms with Crippen LogP contribution in [-0.4, -0.2) is 31.9 Å². The van der Waals surface area contributed by atoms with E-state index in [4.69, 9.17) is 22.0 Å². The van der Waals surface area contributed by atoms with Gasteiger partial charge in [0.1, 0.15) is 12.4 Å². The summed E-state index contributed by atoms with van der Waals surface area (Å²) in [6, 6.07) is 1.78. The first-order valence-electron chi connectivity index (χ1n) is 3.30. The van der Waals surface area contributed by atoms with Crippen LogP contribution in [0.5, 0.6) is 0 Å². The van der Waals surface area contributed by atoms with Crippen LogP contribution in [0.15, 0.2) is 6.33 Å². The highest BCUT2D eigenvalue weighted by molar-refractivity contribution is 6.18. The number of rotatable bonds is 3. The van der Waals surface area contributed by atoms with E-state index in [9.17, 15) is 0 Å². The molecule has 0 spiro atoms. The van der Waals surface area contributed by atoms with Crippen molar-refractivity contribution in [3.63, 3.8) is 0 Å². The lowest BCUT2D eigenvalue weighted by Crippen LogP contribution is -2.17. The van der Waals surface area contributed by atoms with Gasteiger partial charge in [0.15, 0.2) is 0 Å². The van der Waals surface area contributed by atoms with Crippen molar-refractivity contribution in [2.45, 2.75) is 12.6 Å². The molecule has 0 saturated carbocycles. The molecule has 0 saturated heterocycles. The molecule has 0 aromatic carbocycles. The number of nitriles is 1. The minimum Gasteiger partial charge on any atom is -0.390 e. The van der Waals surface area contributed by atoms with Gasteiger partial charge in [0.2, 0.25) is 0 Å². The summed E-state index contributed by atoms with van der Waals surface area (Å²) in [4.78, 5) is 3.66. The maximum atomic E-state index is 9.09. The van der Waals surface area contributed by atoms with Crippen molar-refractivity contribution < 1.29 is 5.11 Å². The number of hydrogen-bond acceptors (Lipinski definition) is 4. The molecule has 1 unspecified atom stereocenters. The third-order valence-corrected chi connectivity index (χ3v) is 1.57. The highest BCUT2D eigenvalue weighted by Crippen LogP contribution is 1.93. The minimum absolute atomic E-state index is 0.0942. The number of alkyl halides is 1. The van der Waals surface area contributed by atoms with Crippen LogP contribution in [0.1, 0.15) is 5.82 Å². The summed E-state index contributed by atoms with van der Waals surface area (Å²) in [5.74, 6) is 0.235. The molecule has 12 heavy (non-hydrogen) atoms. The van der Waals surface area contributed by atoms with Gasteiger partial charge in [-0.2, -0.15) is 5.26 Å². The molecule has 1 aromatic rings. The van der Waals surface area contributed by atoms with E-state index in [1.165, 1.54) is 11.0 Å². The average molecular weight is 187 g/mol. The number of aliphatic hydroxyl groups is 1. The predicted molar refractivity (Wildman–Crippen MR) is 41.5 cm³/mol. The van der Waals surface area contributed by atoms with Gasteiger partial charge in [-0.3, -0.25) is 0 Å². The lowest BCUT2D eigenvalue weighted by atomic mass is 10.4. The van der Waals surface area contributed by atoms with Crippen LogP contribution in [0, 0.1) is 11.3 Å². The first kappa shape index (κ1) is 8.97. The standard InChI is InChI=1S/C6H7ClN4O/c7-1-5(12)3-11-4-9-6(2-8)10-11/h4-5,12H,1,3H2. The fourth-order valence-electron chi connectivity index (χ4n) is 0.699. The maximum absolute atomic E-state index is 9.09. The van der Waals surface area contributed by atoms with Crippen molar-refractivity contribution in [1.29, 1.82) is 5.26 Å². The van der Waals surface area contributed by atoms with Gasteiger partial charge in [-0.1, -0.05) is 0 Å². The van der Waals surface area contributed by atoms with Crippen molar-refractivity contribution in [2.24, 2.45) is 0 Å². The first-order chi connectivity index (χ1) is 5.76. The summed E-state index contributed by atoms with van der Waals surface area (Å²) in [5.41, 5.74) is 0. The van der Waals surface area contributed by atoms with Crippen molar-refractivity contribution >= 4 is 11.6 Å². The highest BCUT2D eigenvalue weighted by Gasteiger charge is 2.04.